The first kappa shape index (κ1) is 21.3. The molecule has 1 heterocycles. The van der Waals surface area contributed by atoms with E-state index in [1.807, 2.05) is 39.8 Å². The second kappa shape index (κ2) is 9.26. The second-order valence-electron chi connectivity index (χ2n) is 7.63. The molecule has 0 saturated heterocycles. The predicted molar refractivity (Wildman–Crippen MR) is 107 cm³/mol. The van der Waals surface area contributed by atoms with E-state index >= 15 is 0 Å². The normalized spacial score (nSPS) is 13.9. The van der Waals surface area contributed by atoms with Crippen LogP contribution in [0.25, 0.3) is 0 Å². The second-order valence-corrected chi connectivity index (χ2v) is 8.56. The summed E-state index contributed by atoms with van der Waals surface area (Å²) in [4.78, 5) is 12.2. The third kappa shape index (κ3) is 6.57. The van der Waals surface area contributed by atoms with Crippen molar-refractivity contribution in [1.29, 1.82) is 0 Å². The monoisotopic (exact) mass is 391 g/mol. The summed E-state index contributed by atoms with van der Waals surface area (Å²) in [6.07, 6.45) is 0.370. The van der Waals surface area contributed by atoms with Crippen molar-refractivity contribution in [1.82, 2.24) is 15.5 Å². The molecule has 0 fully saturated rings. The molecule has 2 rings (SSSR count). The van der Waals surface area contributed by atoms with Crippen LogP contribution in [0.15, 0.2) is 33.9 Å². The number of hydrogen-bond donors (Lipinski definition) is 1. The molecule has 1 aromatic heterocycles. The molecule has 2 unspecified atom stereocenters. The van der Waals surface area contributed by atoms with Crippen LogP contribution in [0.1, 0.15) is 64.1 Å². The first-order valence-corrected chi connectivity index (χ1v) is 10.2. The number of hydrogen-bond acceptors (Lipinski definition) is 6. The van der Waals surface area contributed by atoms with Crippen LogP contribution in [0, 0.1) is 12.8 Å². The largest absolute Gasteiger partial charge is 0.444 e. The van der Waals surface area contributed by atoms with Gasteiger partial charge in [0.2, 0.25) is 5.89 Å². The van der Waals surface area contributed by atoms with Gasteiger partial charge in [0.1, 0.15) is 11.6 Å². The molecule has 148 valence electrons. The van der Waals surface area contributed by atoms with Crippen molar-refractivity contribution in [2.75, 3.05) is 0 Å². The summed E-state index contributed by atoms with van der Waals surface area (Å²) in [5.41, 5.74) is 1.90. The molecular weight excluding hydrogens is 362 g/mol. The van der Waals surface area contributed by atoms with Gasteiger partial charge in [-0.3, -0.25) is 0 Å². The Bertz CT molecular complexity index is 755. The quantitative estimate of drug-likeness (QED) is 0.647. The zero-order chi connectivity index (χ0) is 20.0. The number of nitrogens with one attached hydrogen (secondary N) is 1. The lowest BCUT2D eigenvalue weighted by Crippen LogP contribution is -2.37. The van der Waals surface area contributed by atoms with Crippen LogP contribution in [-0.2, 0) is 10.5 Å². The molecule has 0 aliphatic carbocycles. The van der Waals surface area contributed by atoms with E-state index in [1.165, 1.54) is 22.9 Å². The molecule has 7 heteroatoms. The Balaban J connectivity index is 2.06. The van der Waals surface area contributed by atoms with Gasteiger partial charge in [0.25, 0.3) is 5.22 Å². The molecule has 6 nitrogen and oxygen atoms in total. The van der Waals surface area contributed by atoms with Gasteiger partial charge in [-0.15, -0.1) is 10.2 Å². The number of thioether (sulfide) groups is 1. The molecule has 27 heavy (non-hydrogen) atoms. The summed E-state index contributed by atoms with van der Waals surface area (Å²) in [7, 11) is 0. The average molecular weight is 392 g/mol. The number of amides is 1. The summed E-state index contributed by atoms with van der Waals surface area (Å²) in [5, 5.41) is 11.7. The molecule has 1 N–H and O–H groups in total. The molecule has 2 aromatic rings. The highest BCUT2D eigenvalue weighted by molar-refractivity contribution is 7.98. The van der Waals surface area contributed by atoms with Gasteiger partial charge >= 0.3 is 6.09 Å². The third-order valence-corrected chi connectivity index (χ3v) is 5.05. The van der Waals surface area contributed by atoms with Crippen molar-refractivity contribution in [3.63, 3.8) is 0 Å². The molecule has 0 radical (unpaired) electrons. The Morgan fingerprint density at radius 3 is 2.63 bits per heavy atom. The van der Waals surface area contributed by atoms with Gasteiger partial charge in [-0.25, -0.2) is 4.79 Å². The Kier molecular flexibility index (Phi) is 7.30. The molecule has 0 aliphatic rings. The van der Waals surface area contributed by atoms with Gasteiger partial charge in [-0.2, -0.15) is 0 Å². The van der Waals surface area contributed by atoms with E-state index in [-0.39, 0.29) is 12.0 Å². The SMILES string of the molecule is CCC(C)C(NC(=O)OC(C)(C)C)c1nnc(SCc2ccccc2C)o1. The van der Waals surface area contributed by atoms with Gasteiger partial charge in [0.05, 0.1) is 0 Å². The van der Waals surface area contributed by atoms with Crippen LogP contribution in [0.5, 0.6) is 0 Å². The van der Waals surface area contributed by atoms with E-state index in [9.17, 15) is 4.79 Å². The van der Waals surface area contributed by atoms with Crippen LogP contribution in [0.2, 0.25) is 0 Å². The summed E-state index contributed by atoms with van der Waals surface area (Å²) in [6.45, 7) is 11.7. The minimum Gasteiger partial charge on any atom is -0.444 e. The van der Waals surface area contributed by atoms with Crippen LogP contribution in [0.4, 0.5) is 4.79 Å². The topological polar surface area (TPSA) is 77.2 Å². The van der Waals surface area contributed by atoms with Crippen molar-refractivity contribution < 1.29 is 13.9 Å². The summed E-state index contributed by atoms with van der Waals surface area (Å²) >= 11 is 1.49. The smallest absolute Gasteiger partial charge is 0.408 e. The van der Waals surface area contributed by atoms with Gasteiger partial charge in [0.15, 0.2) is 0 Å². The number of aromatic nitrogens is 2. The Hall–Kier alpha value is -2.02. The summed E-state index contributed by atoms with van der Waals surface area (Å²) in [6, 6.07) is 7.83. The highest BCUT2D eigenvalue weighted by atomic mass is 32.2. The number of rotatable bonds is 7. The highest BCUT2D eigenvalue weighted by Crippen LogP contribution is 2.28. The first-order chi connectivity index (χ1) is 12.7. The minimum absolute atomic E-state index is 0.132. The number of nitrogens with zero attached hydrogens (tertiary/aromatic N) is 2. The van der Waals surface area contributed by atoms with Crippen molar-refractivity contribution in [2.45, 2.75) is 70.6 Å². The molecule has 1 amide bonds. The lowest BCUT2D eigenvalue weighted by atomic mass is 9.99. The maximum atomic E-state index is 12.2. The zero-order valence-electron chi connectivity index (χ0n) is 16.9. The zero-order valence-corrected chi connectivity index (χ0v) is 17.7. The van der Waals surface area contributed by atoms with Crippen LogP contribution in [0.3, 0.4) is 0 Å². The lowest BCUT2D eigenvalue weighted by Gasteiger charge is -2.24. The van der Waals surface area contributed by atoms with Gasteiger partial charge in [-0.05, 0) is 44.7 Å². The van der Waals surface area contributed by atoms with E-state index in [0.29, 0.717) is 11.1 Å². The number of alkyl carbamates (subject to hydrolysis) is 1. The van der Waals surface area contributed by atoms with E-state index in [4.69, 9.17) is 9.15 Å². The lowest BCUT2D eigenvalue weighted by molar-refractivity contribution is 0.0474. The maximum Gasteiger partial charge on any atom is 0.408 e. The van der Waals surface area contributed by atoms with Crippen LogP contribution in [-0.4, -0.2) is 21.9 Å². The number of aryl methyl sites for hydroxylation is 1. The summed E-state index contributed by atoms with van der Waals surface area (Å²) in [5.74, 6) is 1.29. The molecule has 0 spiro atoms. The standard InChI is InChI=1S/C20H29N3O3S/c1-7-13(2)16(21-18(24)26-20(4,5)6)17-22-23-19(25-17)27-12-15-11-9-8-10-14(15)3/h8-11,13,16H,7,12H2,1-6H3,(H,21,24). The minimum atomic E-state index is -0.562. The van der Waals surface area contributed by atoms with Gasteiger partial charge < -0.3 is 14.5 Å². The third-order valence-electron chi connectivity index (χ3n) is 4.19. The van der Waals surface area contributed by atoms with Crippen molar-refractivity contribution >= 4 is 17.9 Å². The fourth-order valence-electron chi connectivity index (χ4n) is 2.43. The van der Waals surface area contributed by atoms with E-state index < -0.39 is 11.7 Å². The predicted octanol–water partition coefficient (Wildman–Crippen LogP) is 5.28. The van der Waals surface area contributed by atoms with E-state index in [0.717, 1.165) is 12.2 Å². The Labute approximate surface area is 165 Å². The maximum absolute atomic E-state index is 12.2. The average Bonchev–Trinajstić information content (AvgIpc) is 3.05. The first-order valence-electron chi connectivity index (χ1n) is 9.19. The number of benzene rings is 1. The molecular formula is C20H29N3O3S. The molecule has 0 saturated carbocycles. The van der Waals surface area contributed by atoms with Crippen molar-refractivity contribution in [2.24, 2.45) is 5.92 Å². The van der Waals surface area contributed by atoms with Crippen molar-refractivity contribution in [3.8, 4) is 0 Å². The highest BCUT2D eigenvalue weighted by Gasteiger charge is 2.28. The van der Waals surface area contributed by atoms with Crippen LogP contribution < -0.4 is 5.32 Å². The van der Waals surface area contributed by atoms with Gasteiger partial charge in [0, 0.05) is 5.75 Å². The molecule has 0 bridgehead atoms. The van der Waals surface area contributed by atoms with E-state index in [2.05, 4.69) is 41.5 Å². The fraction of sp³-hybridized carbons (Fsp3) is 0.550. The fourth-order valence-corrected chi connectivity index (χ4v) is 3.28. The van der Waals surface area contributed by atoms with Crippen molar-refractivity contribution in [3.05, 3.63) is 41.3 Å². The summed E-state index contributed by atoms with van der Waals surface area (Å²) < 4.78 is 11.2. The molecule has 0 aliphatic heterocycles. The number of carbonyl (C=O) groups is 1. The molecule has 2 atom stereocenters. The Morgan fingerprint density at radius 1 is 1.30 bits per heavy atom. The Morgan fingerprint density at radius 2 is 2.00 bits per heavy atom. The number of ether oxygens (including phenoxy) is 1. The van der Waals surface area contributed by atoms with Crippen LogP contribution >= 0.6 is 11.8 Å². The molecule has 1 aromatic carbocycles. The van der Waals surface area contributed by atoms with Gasteiger partial charge in [-0.1, -0.05) is 56.3 Å². The van der Waals surface area contributed by atoms with E-state index in [1.54, 1.807) is 0 Å². The number of carbonyl (C=O) groups excluding carboxylic acids is 1.